The number of benzene rings is 2. The first kappa shape index (κ1) is 14.0. The first-order chi connectivity index (χ1) is 9.60. The molecule has 0 heterocycles. The normalized spacial score (nSPS) is 10.3. The van der Waals surface area contributed by atoms with Crippen LogP contribution in [0.3, 0.4) is 0 Å². The lowest BCUT2D eigenvalue weighted by molar-refractivity contribution is 0.0523. The minimum Gasteiger partial charge on any atom is -0.507 e. The molecule has 0 amide bonds. The summed E-state index contributed by atoms with van der Waals surface area (Å²) in [6.45, 7) is 1.96. The van der Waals surface area contributed by atoms with Crippen LogP contribution in [-0.2, 0) is 4.74 Å². The molecule has 0 aliphatic rings. The molecule has 0 unspecified atom stereocenters. The Kier molecular flexibility index (Phi) is 3.98. The maximum Gasteiger partial charge on any atom is 0.341 e. The summed E-state index contributed by atoms with van der Waals surface area (Å²) in [6.07, 6.45) is 0. The average molecular weight is 276 g/mol. The highest BCUT2D eigenvalue weighted by atomic mass is 16.5. The molecule has 5 heteroatoms. The van der Waals surface area contributed by atoms with Crippen LogP contribution in [0.25, 0.3) is 10.8 Å². The van der Waals surface area contributed by atoms with Crippen LogP contribution in [-0.4, -0.2) is 31.9 Å². The van der Waals surface area contributed by atoms with Crippen LogP contribution in [0, 0.1) is 0 Å². The highest BCUT2D eigenvalue weighted by molar-refractivity contribution is 5.99. The van der Waals surface area contributed by atoms with Crippen LogP contribution in [0.1, 0.15) is 17.3 Å². The summed E-state index contributed by atoms with van der Waals surface area (Å²) in [5.74, 6) is 0.439. The second kappa shape index (κ2) is 5.69. The Hall–Kier alpha value is -2.43. The summed E-state index contributed by atoms with van der Waals surface area (Å²) >= 11 is 0. The van der Waals surface area contributed by atoms with Gasteiger partial charge in [0.25, 0.3) is 0 Å². The van der Waals surface area contributed by atoms with E-state index in [0.717, 1.165) is 10.8 Å². The summed E-state index contributed by atoms with van der Waals surface area (Å²) in [4.78, 5) is 11.7. The van der Waals surface area contributed by atoms with Gasteiger partial charge in [0.1, 0.15) is 11.3 Å². The number of rotatable bonds is 4. The number of carbonyl (C=O) groups excluding carboxylic acids is 1. The Labute approximate surface area is 116 Å². The van der Waals surface area contributed by atoms with Gasteiger partial charge in [-0.2, -0.15) is 0 Å². The molecule has 0 bridgehead atoms. The van der Waals surface area contributed by atoms with Gasteiger partial charge in [-0.05, 0) is 42.0 Å². The van der Waals surface area contributed by atoms with Crippen molar-refractivity contribution < 1.29 is 24.1 Å². The minimum atomic E-state index is -0.554. The summed E-state index contributed by atoms with van der Waals surface area (Å²) in [7, 11) is 3.08. The molecule has 0 spiro atoms. The fraction of sp³-hybridized carbons (Fsp3) is 0.267. The number of aromatic hydroxyl groups is 1. The third-order valence-corrected chi connectivity index (χ3v) is 2.95. The van der Waals surface area contributed by atoms with Crippen molar-refractivity contribution in [1.29, 1.82) is 0 Å². The number of methoxy groups -OCH3 is 2. The van der Waals surface area contributed by atoms with Gasteiger partial charge in [-0.15, -0.1) is 0 Å². The summed E-state index contributed by atoms with van der Waals surface area (Å²) in [5, 5.41) is 11.4. The molecule has 106 valence electrons. The standard InChI is InChI=1S/C15H16O5/c1-4-20-15(17)11-5-9-7-13(18-2)14(19-3)8-10(9)6-12(11)16/h5-8,16H,4H2,1-3H3. The maximum atomic E-state index is 11.7. The van der Waals surface area contributed by atoms with Crippen molar-refractivity contribution in [3.8, 4) is 17.2 Å². The molecular weight excluding hydrogens is 260 g/mol. The van der Waals surface area contributed by atoms with Crippen molar-refractivity contribution in [2.24, 2.45) is 0 Å². The Morgan fingerprint density at radius 2 is 1.60 bits per heavy atom. The quantitative estimate of drug-likeness (QED) is 0.870. The van der Waals surface area contributed by atoms with Gasteiger partial charge in [0.05, 0.1) is 20.8 Å². The lowest BCUT2D eigenvalue weighted by Crippen LogP contribution is -2.04. The number of phenols is 1. The number of fused-ring (bicyclic) bond motifs is 1. The van der Waals surface area contributed by atoms with E-state index in [2.05, 4.69) is 0 Å². The van der Waals surface area contributed by atoms with E-state index in [1.165, 1.54) is 20.3 Å². The SMILES string of the molecule is CCOC(=O)c1cc2cc(OC)c(OC)cc2cc1O. The van der Waals surface area contributed by atoms with Crippen LogP contribution in [0.2, 0.25) is 0 Å². The molecule has 0 radical (unpaired) electrons. The van der Waals surface area contributed by atoms with Gasteiger partial charge in [0.15, 0.2) is 11.5 Å². The molecule has 20 heavy (non-hydrogen) atoms. The predicted molar refractivity (Wildman–Crippen MR) is 74.7 cm³/mol. The minimum absolute atomic E-state index is 0.122. The Balaban J connectivity index is 2.60. The number of phenolic OH excluding ortho intramolecular Hbond substituents is 1. The van der Waals surface area contributed by atoms with E-state index in [1.807, 2.05) is 0 Å². The van der Waals surface area contributed by atoms with Gasteiger partial charge in [0.2, 0.25) is 0 Å². The van der Waals surface area contributed by atoms with Crippen LogP contribution in [0.4, 0.5) is 0 Å². The van der Waals surface area contributed by atoms with Gasteiger partial charge in [0, 0.05) is 0 Å². The highest BCUT2D eigenvalue weighted by Gasteiger charge is 2.15. The summed E-state index contributed by atoms with van der Waals surface area (Å²) in [6, 6.07) is 6.56. The van der Waals surface area contributed by atoms with Gasteiger partial charge in [-0.3, -0.25) is 0 Å². The molecule has 2 aromatic rings. The van der Waals surface area contributed by atoms with Crippen molar-refractivity contribution in [2.45, 2.75) is 6.92 Å². The molecule has 0 aliphatic carbocycles. The fourth-order valence-electron chi connectivity index (χ4n) is 1.99. The topological polar surface area (TPSA) is 65.0 Å². The van der Waals surface area contributed by atoms with E-state index in [1.54, 1.807) is 25.1 Å². The Morgan fingerprint density at radius 3 is 2.10 bits per heavy atom. The maximum absolute atomic E-state index is 11.7. The van der Waals surface area contributed by atoms with Gasteiger partial charge in [-0.25, -0.2) is 4.79 Å². The highest BCUT2D eigenvalue weighted by Crippen LogP contribution is 2.35. The molecule has 0 aromatic heterocycles. The molecule has 5 nitrogen and oxygen atoms in total. The monoisotopic (exact) mass is 276 g/mol. The lowest BCUT2D eigenvalue weighted by atomic mass is 10.0. The van der Waals surface area contributed by atoms with Gasteiger partial charge >= 0.3 is 5.97 Å². The zero-order chi connectivity index (χ0) is 14.7. The van der Waals surface area contributed by atoms with E-state index in [0.29, 0.717) is 11.5 Å². The number of esters is 1. The predicted octanol–water partition coefficient (Wildman–Crippen LogP) is 2.74. The van der Waals surface area contributed by atoms with Crippen molar-refractivity contribution in [3.05, 3.63) is 29.8 Å². The zero-order valence-corrected chi connectivity index (χ0v) is 11.6. The van der Waals surface area contributed by atoms with Crippen molar-refractivity contribution in [1.82, 2.24) is 0 Å². The van der Waals surface area contributed by atoms with E-state index in [4.69, 9.17) is 14.2 Å². The Bertz CT molecular complexity index is 648. The Morgan fingerprint density at radius 1 is 1.05 bits per heavy atom. The summed E-state index contributed by atoms with van der Waals surface area (Å²) in [5.41, 5.74) is 0.131. The largest absolute Gasteiger partial charge is 0.507 e. The van der Waals surface area contributed by atoms with E-state index < -0.39 is 5.97 Å². The van der Waals surface area contributed by atoms with Crippen LogP contribution in [0.15, 0.2) is 24.3 Å². The smallest absolute Gasteiger partial charge is 0.341 e. The van der Waals surface area contributed by atoms with Crippen molar-refractivity contribution in [3.63, 3.8) is 0 Å². The zero-order valence-electron chi connectivity index (χ0n) is 11.6. The third kappa shape index (κ3) is 2.47. The molecule has 0 fully saturated rings. The second-order valence-electron chi connectivity index (χ2n) is 4.14. The number of ether oxygens (including phenoxy) is 3. The number of hydrogen-bond acceptors (Lipinski definition) is 5. The average Bonchev–Trinajstić information content (AvgIpc) is 2.45. The van der Waals surface area contributed by atoms with Crippen molar-refractivity contribution >= 4 is 16.7 Å². The second-order valence-corrected chi connectivity index (χ2v) is 4.14. The molecule has 0 saturated carbocycles. The van der Waals surface area contributed by atoms with Gasteiger partial charge < -0.3 is 19.3 Å². The summed E-state index contributed by atoms with van der Waals surface area (Å²) < 4.78 is 15.3. The fourth-order valence-corrected chi connectivity index (χ4v) is 1.99. The van der Waals surface area contributed by atoms with Crippen LogP contribution in [0.5, 0.6) is 17.2 Å². The van der Waals surface area contributed by atoms with E-state index >= 15 is 0 Å². The third-order valence-electron chi connectivity index (χ3n) is 2.95. The van der Waals surface area contributed by atoms with E-state index in [-0.39, 0.29) is 17.9 Å². The van der Waals surface area contributed by atoms with E-state index in [9.17, 15) is 9.90 Å². The number of hydrogen-bond donors (Lipinski definition) is 1. The van der Waals surface area contributed by atoms with Crippen LogP contribution < -0.4 is 9.47 Å². The first-order valence-electron chi connectivity index (χ1n) is 6.16. The van der Waals surface area contributed by atoms with Gasteiger partial charge in [-0.1, -0.05) is 0 Å². The van der Waals surface area contributed by atoms with Crippen molar-refractivity contribution in [2.75, 3.05) is 20.8 Å². The molecule has 0 aliphatic heterocycles. The molecule has 0 saturated heterocycles. The molecule has 2 aromatic carbocycles. The van der Waals surface area contributed by atoms with Crippen LogP contribution >= 0.6 is 0 Å². The lowest BCUT2D eigenvalue weighted by Gasteiger charge is -2.11. The molecular formula is C15H16O5. The molecule has 2 rings (SSSR count). The molecule has 1 N–H and O–H groups in total. The molecule has 0 atom stereocenters. The first-order valence-corrected chi connectivity index (χ1v) is 6.16. The number of carbonyl (C=O) groups is 1.